The molecule has 0 aromatic heterocycles. The van der Waals surface area contributed by atoms with E-state index in [1.807, 2.05) is 18.2 Å². The number of amides is 1. The fourth-order valence-electron chi connectivity index (χ4n) is 1.89. The number of benzene rings is 1. The lowest BCUT2D eigenvalue weighted by atomic mass is 10.2. The van der Waals surface area contributed by atoms with Crippen molar-refractivity contribution in [1.29, 1.82) is 0 Å². The summed E-state index contributed by atoms with van der Waals surface area (Å²) in [6.45, 7) is 0.412. The highest BCUT2D eigenvalue weighted by atomic mass is 32.2. The van der Waals surface area contributed by atoms with Crippen molar-refractivity contribution in [3.63, 3.8) is 0 Å². The van der Waals surface area contributed by atoms with Crippen molar-refractivity contribution < 1.29 is 9.90 Å². The topological polar surface area (TPSA) is 49.3 Å². The van der Waals surface area contributed by atoms with Crippen LogP contribution in [0.25, 0.3) is 0 Å². The third kappa shape index (κ3) is 5.66. The molecule has 1 saturated carbocycles. The number of rotatable bonds is 8. The molecular weight excluding hydrogens is 258 g/mol. The molecule has 104 valence electrons. The van der Waals surface area contributed by atoms with Crippen molar-refractivity contribution in [2.75, 3.05) is 12.3 Å². The average Bonchev–Trinajstić information content (AvgIpc) is 3.27. The van der Waals surface area contributed by atoms with Crippen LogP contribution in [0.5, 0.6) is 0 Å². The van der Waals surface area contributed by atoms with Crippen molar-refractivity contribution in [2.24, 2.45) is 5.92 Å². The minimum Gasteiger partial charge on any atom is -0.391 e. The lowest BCUT2D eigenvalue weighted by Gasteiger charge is -2.10. The van der Waals surface area contributed by atoms with Gasteiger partial charge >= 0.3 is 0 Å². The molecule has 0 bridgehead atoms. The van der Waals surface area contributed by atoms with Crippen LogP contribution < -0.4 is 5.32 Å². The zero-order valence-corrected chi connectivity index (χ0v) is 11.9. The highest BCUT2D eigenvalue weighted by molar-refractivity contribution is 7.99. The van der Waals surface area contributed by atoms with Crippen molar-refractivity contribution in [3.05, 3.63) is 30.3 Å². The number of hydrogen-bond donors (Lipinski definition) is 2. The average molecular weight is 279 g/mol. The molecule has 1 atom stereocenters. The van der Waals surface area contributed by atoms with Gasteiger partial charge in [0, 0.05) is 17.9 Å². The van der Waals surface area contributed by atoms with Gasteiger partial charge in [-0.15, -0.1) is 11.8 Å². The first-order valence-corrected chi connectivity index (χ1v) is 7.87. The molecule has 0 saturated heterocycles. The molecule has 0 spiro atoms. The first-order chi connectivity index (χ1) is 9.25. The van der Waals surface area contributed by atoms with Crippen LogP contribution >= 0.6 is 11.8 Å². The molecule has 2 rings (SSSR count). The second-order valence-corrected chi connectivity index (χ2v) is 6.14. The fraction of sp³-hybridized carbons (Fsp3) is 0.533. The Balaban J connectivity index is 1.51. The van der Waals surface area contributed by atoms with Crippen LogP contribution in [-0.2, 0) is 4.79 Å². The van der Waals surface area contributed by atoms with Crippen LogP contribution in [0, 0.1) is 5.92 Å². The molecule has 3 nitrogen and oxygen atoms in total. The van der Waals surface area contributed by atoms with Gasteiger partial charge in [0.25, 0.3) is 0 Å². The minimum atomic E-state index is -0.345. The summed E-state index contributed by atoms with van der Waals surface area (Å²) in [5.74, 6) is 1.42. The highest BCUT2D eigenvalue weighted by Gasteiger charge is 2.29. The standard InChI is InChI=1S/C15H21NO2S/c17-14(12-8-9-12)11-16-15(18)7-4-10-19-13-5-2-1-3-6-13/h1-3,5-6,12,14,17H,4,7-11H2,(H,16,18). The Morgan fingerprint density at radius 1 is 1.37 bits per heavy atom. The van der Waals surface area contributed by atoms with E-state index in [0.717, 1.165) is 25.0 Å². The van der Waals surface area contributed by atoms with E-state index in [0.29, 0.717) is 18.9 Å². The Labute approximate surface area is 118 Å². The van der Waals surface area contributed by atoms with Crippen LogP contribution in [0.15, 0.2) is 35.2 Å². The van der Waals surface area contributed by atoms with Gasteiger partial charge in [-0.25, -0.2) is 0 Å². The molecule has 1 aliphatic carbocycles. The molecule has 2 N–H and O–H groups in total. The lowest BCUT2D eigenvalue weighted by molar-refractivity contribution is -0.121. The SMILES string of the molecule is O=C(CCCSc1ccccc1)NCC(O)C1CC1. The fourth-order valence-corrected chi connectivity index (χ4v) is 2.77. The van der Waals surface area contributed by atoms with Gasteiger partial charge in [0.1, 0.15) is 0 Å². The summed E-state index contributed by atoms with van der Waals surface area (Å²) in [6.07, 6.45) is 3.26. The van der Waals surface area contributed by atoms with Gasteiger partial charge in [0.15, 0.2) is 0 Å². The van der Waals surface area contributed by atoms with Gasteiger partial charge < -0.3 is 10.4 Å². The smallest absolute Gasteiger partial charge is 0.220 e. The first-order valence-electron chi connectivity index (χ1n) is 6.88. The molecular formula is C15H21NO2S. The summed E-state index contributed by atoms with van der Waals surface area (Å²) in [6, 6.07) is 10.2. The second-order valence-electron chi connectivity index (χ2n) is 4.97. The van der Waals surface area contributed by atoms with Crippen LogP contribution in [0.2, 0.25) is 0 Å². The van der Waals surface area contributed by atoms with Gasteiger partial charge in [-0.2, -0.15) is 0 Å². The van der Waals surface area contributed by atoms with Crippen molar-refractivity contribution in [2.45, 2.75) is 36.7 Å². The lowest BCUT2D eigenvalue weighted by Crippen LogP contribution is -2.33. The number of aliphatic hydroxyl groups is 1. The Hall–Kier alpha value is -1.00. The molecule has 1 aromatic carbocycles. The summed E-state index contributed by atoms with van der Waals surface area (Å²) >= 11 is 1.77. The van der Waals surface area contributed by atoms with E-state index in [1.54, 1.807) is 11.8 Å². The summed E-state index contributed by atoms with van der Waals surface area (Å²) in [7, 11) is 0. The number of hydrogen-bond acceptors (Lipinski definition) is 3. The highest BCUT2D eigenvalue weighted by Crippen LogP contribution is 2.32. The molecule has 1 aromatic rings. The zero-order chi connectivity index (χ0) is 13.5. The maximum Gasteiger partial charge on any atom is 0.220 e. The normalized spacial score (nSPS) is 16.1. The molecule has 0 radical (unpaired) electrons. The number of aliphatic hydroxyl groups excluding tert-OH is 1. The van der Waals surface area contributed by atoms with Gasteiger partial charge in [0.05, 0.1) is 6.10 Å². The first kappa shape index (κ1) is 14.4. The number of carbonyl (C=O) groups excluding carboxylic acids is 1. The number of nitrogens with one attached hydrogen (secondary N) is 1. The van der Waals surface area contributed by atoms with Crippen LogP contribution in [0.1, 0.15) is 25.7 Å². The molecule has 0 heterocycles. The Bertz CT molecular complexity index is 392. The summed E-state index contributed by atoms with van der Waals surface area (Å²) in [5, 5.41) is 12.4. The van der Waals surface area contributed by atoms with E-state index in [1.165, 1.54) is 4.90 Å². The van der Waals surface area contributed by atoms with Crippen LogP contribution in [0.3, 0.4) is 0 Å². The molecule has 1 fully saturated rings. The summed E-state index contributed by atoms with van der Waals surface area (Å²) in [4.78, 5) is 12.8. The monoisotopic (exact) mass is 279 g/mol. The largest absolute Gasteiger partial charge is 0.391 e. The van der Waals surface area contributed by atoms with Crippen LogP contribution in [-0.4, -0.2) is 29.4 Å². The van der Waals surface area contributed by atoms with Gasteiger partial charge in [-0.3, -0.25) is 4.79 Å². The van der Waals surface area contributed by atoms with E-state index in [9.17, 15) is 9.90 Å². The summed E-state index contributed by atoms with van der Waals surface area (Å²) < 4.78 is 0. The van der Waals surface area contributed by atoms with Gasteiger partial charge in [-0.05, 0) is 43.1 Å². The Kier molecular flexibility index (Phi) is 5.73. The van der Waals surface area contributed by atoms with E-state index < -0.39 is 0 Å². The van der Waals surface area contributed by atoms with Gasteiger partial charge in [-0.1, -0.05) is 18.2 Å². The predicted molar refractivity (Wildman–Crippen MR) is 78.1 cm³/mol. The third-order valence-corrected chi connectivity index (χ3v) is 4.33. The third-order valence-electron chi connectivity index (χ3n) is 3.23. The Morgan fingerprint density at radius 2 is 2.11 bits per heavy atom. The predicted octanol–water partition coefficient (Wildman–Crippen LogP) is 2.45. The molecule has 1 unspecified atom stereocenters. The Morgan fingerprint density at radius 3 is 2.79 bits per heavy atom. The van der Waals surface area contributed by atoms with E-state index >= 15 is 0 Å². The maximum atomic E-state index is 11.6. The van der Waals surface area contributed by atoms with E-state index in [-0.39, 0.29) is 12.0 Å². The second kappa shape index (κ2) is 7.56. The number of carbonyl (C=O) groups is 1. The molecule has 0 aliphatic heterocycles. The summed E-state index contributed by atoms with van der Waals surface area (Å²) in [5.41, 5.74) is 0. The number of thioether (sulfide) groups is 1. The van der Waals surface area contributed by atoms with Crippen molar-refractivity contribution in [1.82, 2.24) is 5.32 Å². The molecule has 19 heavy (non-hydrogen) atoms. The van der Waals surface area contributed by atoms with E-state index in [4.69, 9.17) is 0 Å². The quantitative estimate of drug-likeness (QED) is 0.567. The molecule has 1 amide bonds. The van der Waals surface area contributed by atoms with Gasteiger partial charge in [0.2, 0.25) is 5.91 Å². The maximum absolute atomic E-state index is 11.6. The molecule has 1 aliphatic rings. The van der Waals surface area contributed by atoms with Crippen molar-refractivity contribution >= 4 is 17.7 Å². The van der Waals surface area contributed by atoms with Crippen molar-refractivity contribution in [3.8, 4) is 0 Å². The van der Waals surface area contributed by atoms with E-state index in [2.05, 4.69) is 17.4 Å². The zero-order valence-electron chi connectivity index (χ0n) is 11.0. The minimum absolute atomic E-state index is 0.0494. The van der Waals surface area contributed by atoms with Crippen LogP contribution in [0.4, 0.5) is 0 Å². The molecule has 4 heteroatoms.